The molecule has 1 N–H and O–H groups in total. The van der Waals surface area contributed by atoms with Gasteiger partial charge in [-0.1, -0.05) is 19.0 Å². The van der Waals surface area contributed by atoms with Gasteiger partial charge in [0.25, 0.3) is 0 Å². The van der Waals surface area contributed by atoms with Crippen LogP contribution in [-0.2, 0) is 20.7 Å². The molecule has 8 nitrogen and oxygen atoms in total. The minimum atomic E-state index is -1.00. The average Bonchev–Trinajstić information content (AvgIpc) is 2.89. The zero-order valence-corrected chi connectivity index (χ0v) is 14.6. The minimum absolute atomic E-state index is 0.00481. The number of esters is 1. The van der Waals surface area contributed by atoms with Crippen molar-refractivity contribution in [1.82, 2.24) is 10.5 Å². The molecule has 0 aliphatic rings. The van der Waals surface area contributed by atoms with Crippen LogP contribution in [0.2, 0.25) is 0 Å². The van der Waals surface area contributed by atoms with Crippen molar-refractivity contribution < 1.29 is 23.6 Å². The summed E-state index contributed by atoms with van der Waals surface area (Å²) in [6.07, 6.45) is -0.737. The molecular formula is C16H23N3O5. The largest absolute Gasteiger partial charge is 0.464 e. The van der Waals surface area contributed by atoms with E-state index >= 15 is 0 Å². The highest BCUT2D eigenvalue weighted by molar-refractivity contribution is 5.81. The lowest BCUT2D eigenvalue weighted by Crippen LogP contribution is -2.45. The predicted octanol–water partition coefficient (Wildman–Crippen LogP) is 2.18. The van der Waals surface area contributed by atoms with Crippen molar-refractivity contribution in [2.75, 3.05) is 6.61 Å². The molecule has 1 aromatic heterocycles. The summed E-state index contributed by atoms with van der Waals surface area (Å²) in [5.41, 5.74) is -0.604. The van der Waals surface area contributed by atoms with E-state index < -0.39 is 23.7 Å². The molecule has 8 heteroatoms. The molecule has 0 fully saturated rings. The second-order valence-corrected chi connectivity index (χ2v) is 6.72. The first-order valence-corrected chi connectivity index (χ1v) is 7.62. The Labute approximate surface area is 141 Å². The molecule has 24 heavy (non-hydrogen) atoms. The summed E-state index contributed by atoms with van der Waals surface area (Å²) in [4.78, 5) is 24.1. The smallest absolute Gasteiger partial charge is 0.408 e. The number of hydrogen-bond donors (Lipinski definition) is 1. The maximum atomic E-state index is 12.2. The van der Waals surface area contributed by atoms with Crippen LogP contribution in [0.25, 0.3) is 0 Å². The summed E-state index contributed by atoms with van der Waals surface area (Å²) in [6, 6.07) is 2.23. The van der Waals surface area contributed by atoms with Crippen LogP contribution < -0.4 is 5.32 Å². The molecule has 132 valence electrons. The number of aromatic nitrogens is 1. The molecule has 0 spiro atoms. The zero-order chi connectivity index (χ0) is 18.3. The number of hydrogen-bond acceptors (Lipinski definition) is 7. The van der Waals surface area contributed by atoms with E-state index in [0.717, 1.165) is 0 Å². The number of rotatable bonds is 6. The molecule has 1 aromatic rings. The molecule has 0 bridgehead atoms. The molecule has 0 saturated heterocycles. The molecule has 0 unspecified atom stereocenters. The van der Waals surface area contributed by atoms with Crippen molar-refractivity contribution >= 4 is 12.1 Å². The van der Waals surface area contributed by atoms with Gasteiger partial charge in [-0.05, 0) is 26.7 Å². The monoisotopic (exact) mass is 337 g/mol. The molecule has 0 saturated carbocycles. The van der Waals surface area contributed by atoms with Gasteiger partial charge in [0.05, 0.1) is 6.61 Å². The number of ether oxygens (including phenoxy) is 2. The maximum absolute atomic E-state index is 12.2. The first-order chi connectivity index (χ1) is 11.1. The number of alkyl carbamates (subject to hydrolysis) is 1. The quantitative estimate of drug-likeness (QED) is 0.791. The summed E-state index contributed by atoms with van der Waals surface area (Å²) in [5.74, 6) is -0.162. The Morgan fingerprint density at radius 3 is 2.58 bits per heavy atom. The van der Waals surface area contributed by atoms with Gasteiger partial charge >= 0.3 is 12.1 Å². The van der Waals surface area contributed by atoms with E-state index in [1.807, 2.05) is 19.9 Å². The summed E-state index contributed by atoms with van der Waals surface area (Å²) in [7, 11) is 0. The third-order valence-electron chi connectivity index (χ3n) is 2.61. The number of nitriles is 1. The molecule has 0 aliphatic carbocycles. The van der Waals surface area contributed by atoms with Crippen LogP contribution in [0.1, 0.15) is 46.1 Å². The van der Waals surface area contributed by atoms with Crippen molar-refractivity contribution in [1.29, 1.82) is 5.26 Å². The van der Waals surface area contributed by atoms with Gasteiger partial charge in [0, 0.05) is 12.5 Å². The highest BCUT2D eigenvalue weighted by atomic mass is 16.6. The molecule has 1 rings (SSSR count). The Hall–Kier alpha value is -2.56. The normalized spacial score (nSPS) is 12.4. The van der Waals surface area contributed by atoms with Gasteiger partial charge in [-0.15, -0.1) is 0 Å². The Morgan fingerprint density at radius 1 is 1.42 bits per heavy atom. The molecule has 0 aromatic carbocycles. The van der Waals surface area contributed by atoms with E-state index in [0.29, 0.717) is 0 Å². The van der Waals surface area contributed by atoms with Crippen LogP contribution in [0, 0.1) is 17.2 Å². The predicted molar refractivity (Wildman–Crippen MR) is 83.9 cm³/mol. The number of amides is 1. The van der Waals surface area contributed by atoms with Crippen molar-refractivity contribution in [3.8, 4) is 6.07 Å². The fourth-order valence-electron chi connectivity index (χ4n) is 1.66. The van der Waals surface area contributed by atoms with Crippen LogP contribution in [0.5, 0.6) is 0 Å². The Morgan fingerprint density at radius 2 is 2.08 bits per heavy atom. The fourth-order valence-corrected chi connectivity index (χ4v) is 1.66. The topological polar surface area (TPSA) is 114 Å². The Balaban J connectivity index is 2.80. The van der Waals surface area contributed by atoms with Gasteiger partial charge in [-0.2, -0.15) is 5.26 Å². The average molecular weight is 337 g/mol. The Kier molecular flexibility index (Phi) is 6.77. The lowest BCUT2D eigenvalue weighted by atomic mass is 10.1. The van der Waals surface area contributed by atoms with Crippen LogP contribution in [0.15, 0.2) is 10.6 Å². The van der Waals surface area contributed by atoms with E-state index in [9.17, 15) is 9.59 Å². The van der Waals surface area contributed by atoms with Gasteiger partial charge in [-0.25, -0.2) is 9.59 Å². The van der Waals surface area contributed by atoms with E-state index in [1.165, 1.54) is 6.07 Å². The highest BCUT2D eigenvalue weighted by Crippen LogP contribution is 2.10. The van der Waals surface area contributed by atoms with Gasteiger partial charge in [0.15, 0.2) is 5.69 Å². The molecular weight excluding hydrogens is 314 g/mol. The van der Waals surface area contributed by atoms with E-state index in [2.05, 4.69) is 10.5 Å². The van der Waals surface area contributed by atoms with Crippen molar-refractivity contribution in [3.05, 3.63) is 17.5 Å². The van der Waals surface area contributed by atoms with Crippen molar-refractivity contribution in [3.63, 3.8) is 0 Å². The van der Waals surface area contributed by atoms with Crippen LogP contribution in [-0.4, -0.2) is 35.5 Å². The van der Waals surface area contributed by atoms with Gasteiger partial charge in [-0.3, -0.25) is 0 Å². The van der Waals surface area contributed by atoms with Crippen LogP contribution >= 0.6 is 0 Å². The molecule has 0 aliphatic heterocycles. The number of carbonyl (C=O) groups excluding carboxylic acids is 2. The first kappa shape index (κ1) is 19.5. The highest BCUT2D eigenvalue weighted by Gasteiger charge is 2.27. The lowest BCUT2D eigenvalue weighted by Gasteiger charge is -2.22. The molecule has 1 atom stereocenters. The van der Waals surface area contributed by atoms with Gasteiger partial charge in [0.1, 0.15) is 23.5 Å². The van der Waals surface area contributed by atoms with E-state index in [-0.39, 0.29) is 30.4 Å². The molecule has 0 radical (unpaired) electrons. The Bertz CT molecular complexity index is 610. The minimum Gasteiger partial charge on any atom is -0.464 e. The second kappa shape index (κ2) is 8.34. The summed E-state index contributed by atoms with van der Waals surface area (Å²) in [6.45, 7) is 9.18. The zero-order valence-electron chi connectivity index (χ0n) is 14.6. The summed E-state index contributed by atoms with van der Waals surface area (Å²) in [5, 5.41) is 14.8. The fraction of sp³-hybridized carbons (Fsp3) is 0.625. The number of nitrogens with one attached hydrogen (secondary N) is 1. The maximum Gasteiger partial charge on any atom is 0.408 e. The SMILES string of the molecule is CC(C)COC(=O)[C@H](Cc1cc(C#N)no1)NC(=O)OC(C)(C)C. The summed E-state index contributed by atoms with van der Waals surface area (Å²) < 4.78 is 15.3. The molecule has 1 heterocycles. The van der Waals surface area contributed by atoms with Crippen LogP contribution in [0.4, 0.5) is 4.79 Å². The van der Waals surface area contributed by atoms with Gasteiger partial charge in [0.2, 0.25) is 0 Å². The van der Waals surface area contributed by atoms with Crippen molar-refractivity contribution in [2.24, 2.45) is 5.92 Å². The standard InChI is InChI=1S/C16H23N3O5/c1-10(2)9-22-14(20)13(18-15(21)23-16(3,4)5)7-12-6-11(8-17)19-24-12/h6,10,13H,7,9H2,1-5H3,(H,18,21)/t13-/m0/s1. The van der Waals surface area contributed by atoms with Crippen molar-refractivity contribution in [2.45, 2.75) is 52.7 Å². The number of nitrogens with zero attached hydrogens (tertiary/aromatic N) is 2. The number of carbonyl (C=O) groups is 2. The summed E-state index contributed by atoms with van der Waals surface area (Å²) >= 11 is 0. The lowest BCUT2D eigenvalue weighted by molar-refractivity contribution is -0.147. The third kappa shape index (κ3) is 7.13. The van der Waals surface area contributed by atoms with E-state index in [1.54, 1.807) is 20.8 Å². The third-order valence-corrected chi connectivity index (χ3v) is 2.61. The second-order valence-electron chi connectivity index (χ2n) is 6.72. The van der Waals surface area contributed by atoms with Crippen LogP contribution in [0.3, 0.4) is 0 Å². The first-order valence-electron chi connectivity index (χ1n) is 7.62. The molecule has 1 amide bonds. The van der Waals surface area contributed by atoms with Gasteiger partial charge < -0.3 is 19.3 Å². The van der Waals surface area contributed by atoms with E-state index in [4.69, 9.17) is 19.3 Å².